The van der Waals surface area contributed by atoms with Gasteiger partial charge in [0.25, 0.3) is 5.91 Å². The molecule has 0 aromatic heterocycles. The van der Waals surface area contributed by atoms with Gasteiger partial charge in [-0.3, -0.25) is 4.79 Å². The van der Waals surface area contributed by atoms with E-state index in [9.17, 15) is 9.90 Å². The first-order chi connectivity index (χ1) is 9.10. The van der Waals surface area contributed by atoms with Crippen molar-refractivity contribution < 1.29 is 9.90 Å². The Kier molecular flexibility index (Phi) is 5.11. The maximum atomic E-state index is 12.1. The molecular weight excluding hydrogens is 330 g/mol. The summed E-state index contributed by atoms with van der Waals surface area (Å²) >= 11 is 9.04. The molecule has 0 radical (unpaired) electrons. The van der Waals surface area contributed by atoms with Crippen LogP contribution in [-0.4, -0.2) is 22.9 Å². The average Bonchev–Trinajstić information content (AvgIpc) is 2.42. The quantitative estimate of drug-likeness (QED) is 0.820. The fourth-order valence-corrected chi connectivity index (χ4v) is 2.94. The van der Waals surface area contributed by atoms with Gasteiger partial charge in [-0.15, -0.1) is 11.6 Å². The molecule has 1 fully saturated rings. The summed E-state index contributed by atoms with van der Waals surface area (Å²) in [7, 11) is 0. The fourth-order valence-electron chi connectivity index (χ4n) is 2.38. The van der Waals surface area contributed by atoms with Crippen molar-refractivity contribution in [1.29, 1.82) is 0 Å². The highest BCUT2D eigenvalue weighted by molar-refractivity contribution is 9.10. The number of carbonyl (C=O) groups is 1. The van der Waals surface area contributed by atoms with Crippen LogP contribution >= 0.6 is 27.5 Å². The lowest BCUT2D eigenvalue weighted by molar-refractivity contribution is 0.0923. The van der Waals surface area contributed by atoms with Crippen molar-refractivity contribution in [2.45, 2.75) is 31.7 Å². The molecule has 0 unspecified atom stereocenters. The van der Waals surface area contributed by atoms with Gasteiger partial charge in [0.2, 0.25) is 0 Å². The van der Waals surface area contributed by atoms with Crippen LogP contribution in [0.25, 0.3) is 0 Å². The largest absolute Gasteiger partial charge is 0.507 e. The Morgan fingerprint density at radius 3 is 2.63 bits per heavy atom. The van der Waals surface area contributed by atoms with Crippen LogP contribution in [0, 0.1) is 5.92 Å². The van der Waals surface area contributed by atoms with Crippen molar-refractivity contribution in [2.24, 2.45) is 5.92 Å². The molecule has 5 heteroatoms. The molecule has 0 atom stereocenters. The minimum atomic E-state index is -0.128. The lowest BCUT2D eigenvalue weighted by atomic mass is 9.87. The number of nitrogens with one attached hydrogen (secondary N) is 1. The summed E-state index contributed by atoms with van der Waals surface area (Å²) in [6.07, 6.45) is 4.09. The molecule has 0 bridgehead atoms. The van der Waals surface area contributed by atoms with Gasteiger partial charge in [-0.1, -0.05) is 0 Å². The second-order valence-electron chi connectivity index (χ2n) is 5.01. The van der Waals surface area contributed by atoms with Gasteiger partial charge in [0, 0.05) is 17.5 Å². The van der Waals surface area contributed by atoms with Gasteiger partial charge in [-0.2, -0.15) is 0 Å². The van der Waals surface area contributed by atoms with Crippen molar-refractivity contribution in [3.8, 4) is 5.75 Å². The van der Waals surface area contributed by atoms with Crippen LogP contribution in [-0.2, 0) is 0 Å². The van der Waals surface area contributed by atoms with Crippen molar-refractivity contribution in [2.75, 3.05) is 5.88 Å². The van der Waals surface area contributed by atoms with Crippen LogP contribution in [0.2, 0.25) is 0 Å². The molecule has 104 valence electrons. The standard InChI is InChI=1S/C14H17BrClNO2/c15-12-6-3-10(7-13(12)18)14(19)17-11-4-1-9(8-16)2-5-11/h3,6-7,9,11,18H,1-2,4-5,8H2,(H,17,19). The van der Waals surface area contributed by atoms with E-state index in [2.05, 4.69) is 21.2 Å². The Morgan fingerprint density at radius 2 is 2.05 bits per heavy atom. The highest BCUT2D eigenvalue weighted by Gasteiger charge is 2.22. The van der Waals surface area contributed by atoms with E-state index in [1.54, 1.807) is 12.1 Å². The van der Waals surface area contributed by atoms with Crippen molar-refractivity contribution in [3.05, 3.63) is 28.2 Å². The van der Waals surface area contributed by atoms with Crippen molar-refractivity contribution in [1.82, 2.24) is 5.32 Å². The topological polar surface area (TPSA) is 49.3 Å². The molecule has 19 heavy (non-hydrogen) atoms. The minimum absolute atomic E-state index is 0.0819. The van der Waals surface area contributed by atoms with E-state index in [0.717, 1.165) is 25.7 Å². The zero-order chi connectivity index (χ0) is 13.8. The van der Waals surface area contributed by atoms with Crippen molar-refractivity contribution in [3.63, 3.8) is 0 Å². The minimum Gasteiger partial charge on any atom is -0.507 e. The summed E-state index contributed by atoms with van der Waals surface area (Å²) in [5.74, 6) is 1.25. The molecule has 0 saturated heterocycles. The molecule has 1 saturated carbocycles. The number of carbonyl (C=O) groups excluding carboxylic acids is 1. The van der Waals surface area contributed by atoms with E-state index in [1.807, 2.05) is 0 Å². The average molecular weight is 347 g/mol. The number of alkyl halides is 1. The third kappa shape index (κ3) is 3.86. The zero-order valence-electron chi connectivity index (χ0n) is 10.5. The molecular formula is C14H17BrClNO2. The third-order valence-corrected chi connectivity index (χ3v) is 4.72. The SMILES string of the molecule is O=C(NC1CCC(CCl)CC1)c1ccc(Br)c(O)c1. The van der Waals surface area contributed by atoms with Crippen LogP contribution in [0.15, 0.2) is 22.7 Å². The molecule has 1 aromatic rings. The number of halogens is 2. The number of aromatic hydroxyl groups is 1. The predicted molar refractivity (Wildman–Crippen MR) is 79.7 cm³/mol. The van der Waals surface area contributed by atoms with Gasteiger partial charge in [0.15, 0.2) is 0 Å². The fraction of sp³-hybridized carbons (Fsp3) is 0.500. The van der Waals surface area contributed by atoms with Crippen LogP contribution in [0.4, 0.5) is 0 Å². The Morgan fingerprint density at radius 1 is 1.37 bits per heavy atom. The Labute approximate surface area is 126 Å². The Bertz CT molecular complexity index is 459. The molecule has 1 aliphatic rings. The summed E-state index contributed by atoms with van der Waals surface area (Å²) in [6.45, 7) is 0. The molecule has 2 rings (SSSR count). The number of amides is 1. The summed E-state index contributed by atoms with van der Waals surface area (Å²) < 4.78 is 0.590. The molecule has 1 aliphatic carbocycles. The monoisotopic (exact) mass is 345 g/mol. The van der Waals surface area contributed by atoms with Crippen LogP contribution in [0.5, 0.6) is 5.75 Å². The second kappa shape index (κ2) is 6.62. The molecule has 0 spiro atoms. The zero-order valence-corrected chi connectivity index (χ0v) is 12.9. The third-order valence-electron chi connectivity index (χ3n) is 3.61. The van der Waals surface area contributed by atoms with E-state index < -0.39 is 0 Å². The van der Waals surface area contributed by atoms with Gasteiger partial charge in [-0.25, -0.2) is 0 Å². The summed E-state index contributed by atoms with van der Waals surface area (Å²) in [5.41, 5.74) is 0.486. The van der Waals surface area contributed by atoms with E-state index in [-0.39, 0.29) is 17.7 Å². The number of phenolic OH excluding ortho intramolecular Hbond substituents is 1. The number of hydrogen-bond acceptors (Lipinski definition) is 2. The van der Waals surface area contributed by atoms with Crippen LogP contribution in [0.3, 0.4) is 0 Å². The maximum Gasteiger partial charge on any atom is 0.251 e. The van der Waals surface area contributed by atoms with Crippen molar-refractivity contribution >= 4 is 33.4 Å². The molecule has 3 nitrogen and oxygen atoms in total. The maximum absolute atomic E-state index is 12.1. The predicted octanol–water partition coefficient (Wildman–Crippen LogP) is 3.68. The van der Waals surface area contributed by atoms with Gasteiger partial charge in [0.05, 0.1) is 4.47 Å². The second-order valence-corrected chi connectivity index (χ2v) is 6.17. The highest BCUT2D eigenvalue weighted by atomic mass is 79.9. The summed E-state index contributed by atoms with van der Waals surface area (Å²) in [5, 5.41) is 12.6. The van der Waals surface area contributed by atoms with Gasteiger partial charge in [0.1, 0.15) is 5.75 Å². The molecule has 2 N–H and O–H groups in total. The Balaban J connectivity index is 1.92. The highest BCUT2D eigenvalue weighted by Crippen LogP contribution is 2.26. The van der Waals surface area contributed by atoms with Gasteiger partial charge < -0.3 is 10.4 Å². The smallest absolute Gasteiger partial charge is 0.251 e. The first kappa shape index (κ1) is 14.7. The Hall–Kier alpha value is -0.740. The number of hydrogen-bond donors (Lipinski definition) is 2. The van der Waals surface area contributed by atoms with E-state index in [1.165, 1.54) is 6.07 Å². The number of rotatable bonds is 3. The molecule has 0 heterocycles. The molecule has 0 aliphatic heterocycles. The van der Waals surface area contributed by atoms with E-state index in [0.29, 0.717) is 21.8 Å². The number of benzene rings is 1. The summed E-state index contributed by atoms with van der Waals surface area (Å²) in [6, 6.07) is 5.07. The van der Waals surface area contributed by atoms with E-state index in [4.69, 9.17) is 11.6 Å². The van der Waals surface area contributed by atoms with Gasteiger partial charge >= 0.3 is 0 Å². The van der Waals surface area contributed by atoms with E-state index >= 15 is 0 Å². The van der Waals surface area contributed by atoms with Crippen LogP contribution < -0.4 is 5.32 Å². The summed E-state index contributed by atoms with van der Waals surface area (Å²) in [4.78, 5) is 12.1. The molecule has 1 amide bonds. The molecule has 1 aromatic carbocycles. The first-order valence-corrected chi connectivity index (χ1v) is 7.78. The van der Waals surface area contributed by atoms with Gasteiger partial charge in [-0.05, 0) is 65.7 Å². The lowest BCUT2D eigenvalue weighted by Crippen LogP contribution is -2.37. The normalized spacial score (nSPS) is 23.1. The van der Waals surface area contributed by atoms with Crippen LogP contribution in [0.1, 0.15) is 36.0 Å². The first-order valence-electron chi connectivity index (χ1n) is 6.45. The number of phenols is 1. The lowest BCUT2D eigenvalue weighted by Gasteiger charge is -2.27.